The van der Waals surface area contributed by atoms with Crippen LogP contribution in [0.25, 0.3) is 0 Å². The van der Waals surface area contributed by atoms with Crippen molar-refractivity contribution in [2.75, 3.05) is 17.2 Å². The maximum absolute atomic E-state index is 11.3. The molecule has 3 rings (SSSR count). The highest BCUT2D eigenvalue weighted by Crippen LogP contribution is 2.32. The fourth-order valence-corrected chi connectivity index (χ4v) is 2.83. The van der Waals surface area contributed by atoms with Gasteiger partial charge in [0.05, 0.1) is 4.92 Å². The number of rotatable bonds is 4. The molecule has 2 N–H and O–H groups in total. The van der Waals surface area contributed by atoms with E-state index in [-0.39, 0.29) is 10.6 Å². The second-order valence-corrected chi connectivity index (χ2v) is 5.41. The largest absolute Gasteiger partial charge is 0.385 e. The van der Waals surface area contributed by atoms with Gasteiger partial charge in [0.15, 0.2) is 0 Å². The van der Waals surface area contributed by atoms with Crippen molar-refractivity contribution < 1.29 is 4.92 Å². The van der Waals surface area contributed by atoms with E-state index in [0.717, 1.165) is 30.8 Å². The number of nitro groups is 1. The quantitative estimate of drug-likeness (QED) is 0.670. The average Bonchev–Trinajstić information content (AvgIpc) is 2.83. The lowest BCUT2D eigenvalue weighted by molar-refractivity contribution is -0.384. The summed E-state index contributed by atoms with van der Waals surface area (Å²) in [5.74, 6) is 0.422. The van der Waals surface area contributed by atoms with Gasteiger partial charge in [-0.1, -0.05) is 6.92 Å². The third-order valence-electron chi connectivity index (χ3n) is 3.92. The lowest BCUT2D eigenvalue weighted by Crippen LogP contribution is -2.11. The van der Waals surface area contributed by atoms with E-state index in [1.54, 1.807) is 7.05 Å². The van der Waals surface area contributed by atoms with Gasteiger partial charge in [-0.25, -0.2) is 4.68 Å². The van der Waals surface area contributed by atoms with Crippen molar-refractivity contribution in [2.24, 2.45) is 7.05 Å². The highest BCUT2D eigenvalue weighted by atomic mass is 16.6. The van der Waals surface area contributed by atoms with Crippen molar-refractivity contribution >= 4 is 22.9 Å². The van der Waals surface area contributed by atoms with Crippen molar-refractivity contribution in [1.82, 2.24) is 9.78 Å². The first-order valence-electron chi connectivity index (χ1n) is 7.44. The van der Waals surface area contributed by atoms with Crippen molar-refractivity contribution in [3.63, 3.8) is 0 Å². The summed E-state index contributed by atoms with van der Waals surface area (Å²) >= 11 is 0. The molecule has 0 unspecified atom stereocenters. The predicted octanol–water partition coefficient (Wildman–Crippen LogP) is 2.99. The van der Waals surface area contributed by atoms with E-state index in [1.807, 2.05) is 25.1 Å². The summed E-state index contributed by atoms with van der Waals surface area (Å²) in [6.45, 7) is 2.86. The zero-order valence-corrected chi connectivity index (χ0v) is 12.7. The predicted molar refractivity (Wildman–Crippen MR) is 85.8 cm³/mol. The molecule has 0 bridgehead atoms. The van der Waals surface area contributed by atoms with E-state index in [1.165, 1.54) is 10.2 Å². The maximum Gasteiger partial charge on any atom is 0.334 e. The summed E-state index contributed by atoms with van der Waals surface area (Å²) in [5.41, 5.74) is 3.77. The number of nitrogens with zero attached hydrogens (tertiary/aromatic N) is 3. The lowest BCUT2D eigenvalue weighted by Gasteiger charge is -2.19. The average molecular weight is 301 g/mol. The van der Waals surface area contributed by atoms with Crippen LogP contribution in [-0.4, -0.2) is 21.2 Å². The Balaban J connectivity index is 1.96. The molecule has 0 radical (unpaired) electrons. The highest BCUT2D eigenvalue weighted by molar-refractivity contribution is 5.70. The van der Waals surface area contributed by atoms with Crippen LogP contribution in [0.4, 0.5) is 22.9 Å². The fourth-order valence-electron chi connectivity index (χ4n) is 2.83. The Labute approximate surface area is 128 Å². The number of hydrogen-bond acceptors (Lipinski definition) is 5. The van der Waals surface area contributed by atoms with E-state index in [9.17, 15) is 10.1 Å². The monoisotopic (exact) mass is 301 g/mol. The molecular weight excluding hydrogens is 282 g/mol. The van der Waals surface area contributed by atoms with E-state index in [2.05, 4.69) is 15.7 Å². The topological polar surface area (TPSA) is 85.0 Å². The Hall–Kier alpha value is -2.57. The van der Waals surface area contributed by atoms with Crippen LogP contribution in [-0.2, 0) is 19.9 Å². The van der Waals surface area contributed by atoms with Crippen molar-refractivity contribution in [1.29, 1.82) is 0 Å². The molecule has 22 heavy (non-hydrogen) atoms. The Kier molecular flexibility index (Phi) is 3.70. The molecule has 0 spiro atoms. The number of benzene rings is 1. The Morgan fingerprint density at radius 1 is 1.50 bits per heavy atom. The van der Waals surface area contributed by atoms with Gasteiger partial charge in [0, 0.05) is 25.0 Å². The summed E-state index contributed by atoms with van der Waals surface area (Å²) in [5, 5.41) is 22.1. The van der Waals surface area contributed by atoms with Crippen LogP contribution in [0, 0.1) is 10.1 Å². The summed E-state index contributed by atoms with van der Waals surface area (Å²) in [6, 6.07) is 5.99. The SMILES string of the molecule is CCc1nn(C)c(Nc2ccc3c(c2)CCCN3)c1[N+](=O)[O-]. The normalized spacial score (nSPS) is 13.4. The Morgan fingerprint density at radius 3 is 3.05 bits per heavy atom. The molecule has 0 amide bonds. The molecule has 0 saturated heterocycles. The Bertz CT molecular complexity index is 723. The third kappa shape index (κ3) is 2.49. The molecule has 116 valence electrons. The lowest BCUT2D eigenvalue weighted by atomic mass is 10.0. The van der Waals surface area contributed by atoms with Gasteiger partial charge in [0.2, 0.25) is 5.82 Å². The fraction of sp³-hybridized carbons (Fsp3) is 0.400. The van der Waals surface area contributed by atoms with E-state index in [0.29, 0.717) is 17.9 Å². The minimum atomic E-state index is -0.367. The maximum atomic E-state index is 11.3. The van der Waals surface area contributed by atoms with Crippen LogP contribution < -0.4 is 10.6 Å². The van der Waals surface area contributed by atoms with Gasteiger partial charge in [0.25, 0.3) is 0 Å². The molecule has 2 aromatic rings. The zero-order valence-electron chi connectivity index (χ0n) is 12.7. The van der Waals surface area contributed by atoms with Crippen molar-refractivity contribution in [3.8, 4) is 0 Å². The number of hydrogen-bond donors (Lipinski definition) is 2. The first-order chi connectivity index (χ1) is 10.6. The molecule has 1 aliphatic heterocycles. The molecule has 0 saturated carbocycles. The molecule has 1 aromatic heterocycles. The molecule has 0 atom stereocenters. The first-order valence-corrected chi connectivity index (χ1v) is 7.44. The van der Waals surface area contributed by atoms with Gasteiger partial charge in [0.1, 0.15) is 5.69 Å². The smallest absolute Gasteiger partial charge is 0.334 e. The molecule has 7 heteroatoms. The summed E-state index contributed by atoms with van der Waals surface area (Å²) in [7, 11) is 1.72. The van der Waals surface area contributed by atoms with Crippen LogP contribution in [0.2, 0.25) is 0 Å². The van der Waals surface area contributed by atoms with Gasteiger partial charge in [-0.15, -0.1) is 0 Å². The number of anilines is 3. The minimum absolute atomic E-state index is 0.0563. The van der Waals surface area contributed by atoms with Crippen LogP contribution >= 0.6 is 0 Å². The first kappa shape index (κ1) is 14.4. The van der Waals surface area contributed by atoms with Gasteiger partial charge >= 0.3 is 5.69 Å². The van der Waals surface area contributed by atoms with Crippen LogP contribution in [0.5, 0.6) is 0 Å². The van der Waals surface area contributed by atoms with E-state index >= 15 is 0 Å². The second-order valence-electron chi connectivity index (χ2n) is 5.41. The van der Waals surface area contributed by atoms with Gasteiger partial charge in [-0.2, -0.15) is 5.10 Å². The summed E-state index contributed by atoms with van der Waals surface area (Å²) in [4.78, 5) is 11.0. The summed E-state index contributed by atoms with van der Waals surface area (Å²) in [6.07, 6.45) is 2.65. The highest BCUT2D eigenvalue weighted by Gasteiger charge is 2.25. The van der Waals surface area contributed by atoms with Gasteiger partial charge < -0.3 is 10.6 Å². The van der Waals surface area contributed by atoms with Crippen molar-refractivity contribution in [2.45, 2.75) is 26.2 Å². The standard InChI is InChI=1S/C15H19N5O2/c1-3-12-14(20(21)22)15(19(2)18-12)17-11-6-7-13-10(9-11)5-4-8-16-13/h6-7,9,16-17H,3-5,8H2,1-2H3. The molecule has 0 fully saturated rings. The van der Waals surface area contributed by atoms with E-state index in [4.69, 9.17) is 0 Å². The number of nitrogens with one attached hydrogen (secondary N) is 2. The molecular formula is C15H19N5O2. The second kappa shape index (κ2) is 5.67. The van der Waals surface area contributed by atoms with Crippen LogP contribution in [0.1, 0.15) is 24.6 Å². The Morgan fingerprint density at radius 2 is 2.32 bits per heavy atom. The molecule has 1 aromatic carbocycles. The number of aromatic nitrogens is 2. The summed E-state index contributed by atoms with van der Waals surface area (Å²) < 4.78 is 1.54. The third-order valence-corrected chi connectivity index (χ3v) is 3.92. The minimum Gasteiger partial charge on any atom is -0.385 e. The number of fused-ring (bicyclic) bond motifs is 1. The van der Waals surface area contributed by atoms with Crippen LogP contribution in [0.3, 0.4) is 0 Å². The molecule has 7 nitrogen and oxygen atoms in total. The molecule has 2 heterocycles. The van der Waals surface area contributed by atoms with Gasteiger partial charge in [-0.05, 0) is 43.0 Å². The molecule has 0 aliphatic carbocycles. The van der Waals surface area contributed by atoms with E-state index < -0.39 is 0 Å². The number of aryl methyl sites for hydroxylation is 3. The van der Waals surface area contributed by atoms with Crippen molar-refractivity contribution in [3.05, 3.63) is 39.6 Å². The zero-order chi connectivity index (χ0) is 15.7. The molecule has 1 aliphatic rings. The van der Waals surface area contributed by atoms with Crippen LogP contribution in [0.15, 0.2) is 18.2 Å². The van der Waals surface area contributed by atoms with Gasteiger partial charge in [-0.3, -0.25) is 10.1 Å².